The molecule has 0 radical (unpaired) electrons. The monoisotopic (exact) mass is 297 g/mol. The highest BCUT2D eigenvalue weighted by molar-refractivity contribution is 5.82. The molecule has 1 amide bonds. The fraction of sp³-hybridized carbons (Fsp3) is 0.867. The van der Waals surface area contributed by atoms with E-state index < -0.39 is 23.8 Å². The number of carboxylic acids is 1. The van der Waals surface area contributed by atoms with Crippen molar-refractivity contribution in [2.75, 3.05) is 13.1 Å². The molecule has 4 atom stereocenters. The summed E-state index contributed by atoms with van der Waals surface area (Å²) in [5.74, 6) is -0.947. The van der Waals surface area contributed by atoms with E-state index in [0.717, 1.165) is 25.7 Å². The molecule has 0 bridgehead atoms. The molecule has 21 heavy (non-hydrogen) atoms. The number of aliphatic carboxylic acids is 1. The summed E-state index contributed by atoms with van der Waals surface area (Å²) < 4.78 is 5.35. The van der Waals surface area contributed by atoms with Gasteiger partial charge in [-0.3, -0.25) is 4.79 Å². The standard InChI is InChI=1S/C15H23NO5/c17-13(11-4-5-12(21-11)14(18)19)16-8-7-15(20)6-2-1-3-10(15)9-16/h10-12,20H,1-9H2,(H,18,19). The van der Waals surface area contributed by atoms with Gasteiger partial charge in [0.05, 0.1) is 5.60 Å². The lowest BCUT2D eigenvalue weighted by Crippen LogP contribution is -2.56. The van der Waals surface area contributed by atoms with Crippen LogP contribution in [0.15, 0.2) is 0 Å². The maximum absolute atomic E-state index is 12.5. The lowest BCUT2D eigenvalue weighted by Gasteiger charge is -2.47. The first-order valence-corrected chi connectivity index (χ1v) is 7.89. The zero-order chi connectivity index (χ0) is 15.0. The number of hydrogen-bond donors (Lipinski definition) is 2. The first-order valence-electron chi connectivity index (χ1n) is 7.89. The van der Waals surface area contributed by atoms with Crippen LogP contribution in [0.3, 0.4) is 0 Å². The molecule has 1 saturated carbocycles. The predicted octanol–water partition coefficient (Wildman–Crippen LogP) is 0.772. The number of carboxylic acid groups (broad SMARTS) is 1. The van der Waals surface area contributed by atoms with Gasteiger partial charge in [-0.1, -0.05) is 12.8 Å². The lowest BCUT2D eigenvalue weighted by molar-refractivity contribution is -0.159. The summed E-state index contributed by atoms with van der Waals surface area (Å²) in [6, 6.07) is 0. The van der Waals surface area contributed by atoms with Crippen LogP contribution in [0.5, 0.6) is 0 Å². The summed E-state index contributed by atoms with van der Waals surface area (Å²) in [7, 11) is 0. The van der Waals surface area contributed by atoms with Crippen molar-refractivity contribution in [2.24, 2.45) is 5.92 Å². The summed E-state index contributed by atoms with van der Waals surface area (Å²) in [5.41, 5.74) is -0.602. The highest BCUT2D eigenvalue weighted by Gasteiger charge is 2.45. The van der Waals surface area contributed by atoms with E-state index in [1.165, 1.54) is 0 Å². The van der Waals surface area contributed by atoms with E-state index in [9.17, 15) is 14.7 Å². The number of carbonyl (C=O) groups is 2. The third-order valence-corrected chi connectivity index (χ3v) is 5.31. The number of amides is 1. The molecule has 6 nitrogen and oxygen atoms in total. The van der Waals surface area contributed by atoms with E-state index >= 15 is 0 Å². The molecule has 0 aromatic carbocycles. The van der Waals surface area contributed by atoms with Crippen LogP contribution in [0, 0.1) is 5.92 Å². The normalized spacial score (nSPS) is 39.9. The Morgan fingerprint density at radius 1 is 1.10 bits per heavy atom. The summed E-state index contributed by atoms with van der Waals surface area (Å²) in [4.78, 5) is 25.1. The van der Waals surface area contributed by atoms with Crippen molar-refractivity contribution < 1.29 is 24.5 Å². The Kier molecular flexibility index (Phi) is 3.92. The molecule has 0 aromatic rings. The van der Waals surface area contributed by atoms with Gasteiger partial charge < -0.3 is 19.8 Å². The van der Waals surface area contributed by atoms with Gasteiger partial charge in [0.25, 0.3) is 5.91 Å². The van der Waals surface area contributed by atoms with Gasteiger partial charge in [-0.05, 0) is 32.1 Å². The SMILES string of the molecule is O=C(O)C1CCC(C(=O)N2CCC3(O)CCCCC3C2)O1. The maximum Gasteiger partial charge on any atom is 0.332 e. The molecule has 0 aromatic heterocycles. The van der Waals surface area contributed by atoms with Crippen LogP contribution >= 0.6 is 0 Å². The van der Waals surface area contributed by atoms with Crippen LogP contribution in [0.2, 0.25) is 0 Å². The minimum atomic E-state index is -0.995. The van der Waals surface area contributed by atoms with E-state index in [0.29, 0.717) is 32.4 Å². The number of piperidine rings is 1. The average molecular weight is 297 g/mol. The molecule has 2 saturated heterocycles. The Hall–Kier alpha value is -1.14. The predicted molar refractivity (Wildman–Crippen MR) is 73.6 cm³/mol. The van der Waals surface area contributed by atoms with E-state index in [1.54, 1.807) is 4.90 Å². The zero-order valence-electron chi connectivity index (χ0n) is 12.2. The van der Waals surface area contributed by atoms with E-state index in [1.807, 2.05) is 0 Å². The summed E-state index contributed by atoms with van der Waals surface area (Å²) in [5, 5.41) is 19.6. The topological polar surface area (TPSA) is 87.1 Å². The molecular formula is C15H23NO5. The molecule has 2 heterocycles. The molecule has 3 rings (SSSR count). The van der Waals surface area contributed by atoms with Gasteiger partial charge in [-0.15, -0.1) is 0 Å². The molecule has 2 aliphatic heterocycles. The van der Waals surface area contributed by atoms with E-state index in [4.69, 9.17) is 9.84 Å². The fourth-order valence-electron chi connectivity index (χ4n) is 3.98. The highest BCUT2D eigenvalue weighted by Crippen LogP contribution is 2.40. The van der Waals surface area contributed by atoms with Gasteiger partial charge in [0.2, 0.25) is 0 Å². The van der Waals surface area contributed by atoms with Crippen LogP contribution in [-0.4, -0.2) is 57.9 Å². The van der Waals surface area contributed by atoms with Gasteiger partial charge in [-0.2, -0.15) is 0 Å². The molecule has 2 N–H and O–H groups in total. The largest absolute Gasteiger partial charge is 0.479 e. The van der Waals surface area contributed by atoms with Crippen LogP contribution in [0.4, 0.5) is 0 Å². The van der Waals surface area contributed by atoms with Crippen molar-refractivity contribution in [3.8, 4) is 0 Å². The van der Waals surface area contributed by atoms with Crippen molar-refractivity contribution in [1.29, 1.82) is 0 Å². The number of aliphatic hydroxyl groups is 1. The lowest BCUT2D eigenvalue weighted by atomic mass is 9.71. The number of likely N-dealkylation sites (tertiary alicyclic amines) is 1. The summed E-state index contributed by atoms with van der Waals surface area (Å²) in [6.45, 7) is 1.12. The molecule has 3 fully saturated rings. The highest BCUT2D eigenvalue weighted by atomic mass is 16.5. The number of carbonyl (C=O) groups excluding carboxylic acids is 1. The second-order valence-corrected chi connectivity index (χ2v) is 6.61. The maximum atomic E-state index is 12.5. The van der Waals surface area contributed by atoms with E-state index in [-0.39, 0.29) is 11.8 Å². The minimum absolute atomic E-state index is 0.105. The Bertz CT molecular complexity index is 440. The molecule has 1 aliphatic carbocycles. The third kappa shape index (κ3) is 2.79. The Balaban J connectivity index is 1.60. The first kappa shape index (κ1) is 14.8. The van der Waals surface area contributed by atoms with Gasteiger partial charge in [0, 0.05) is 19.0 Å². The van der Waals surface area contributed by atoms with Crippen LogP contribution in [0.25, 0.3) is 0 Å². The second-order valence-electron chi connectivity index (χ2n) is 6.61. The van der Waals surface area contributed by atoms with E-state index in [2.05, 4.69) is 0 Å². The Labute approximate surface area is 124 Å². The van der Waals surface area contributed by atoms with Gasteiger partial charge in [0.15, 0.2) is 6.10 Å². The van der Waals surface area contributed by atoms with Crippen LogP contribution < -0.4 is 0 Å². The second kappa shape index (κ2) is 5.57. The molecule has 118 valence electrons. The zero-order valence-corrected chi connectivity index (χ0v) is 12.2. The van der Waals surface area contributed by atoms with Gasteiger partial charge in [0.1, 0.15) is 6.10 Å². The minimum Gasteiger partial charge on any atom is -0.479 e. The van der Waals surface area contributed by atoms with Crippen molar-refractivity contribution in [3.63, 3.8) is 0 Å². The van der Waals surface area contributed by atoms with Crippen molar-refractivity contribution in [3.05, 3.63) is 0 Å². The smallest absolute Gasteiger partial charge is 0.332 e. The fourth-order valence-corrected chi connectivity index (χ4v) is 3.98. The summed E-state index contributed by atoms with van der Waals surface area (Å²) >= 11 is 0. The number of ether oxygens (including phenoxy) is 1. The number of fused-ring (bicyclic) bond motifs is 1. The molecular weight excluding hydrogens is 274 g/mol. The molecule has 6 heteroatoms. The van der Waals surface area contributed by atoms with Gasteiger partial charge in [-0.25, -0.2) is 4.79 Å². The molecule has 0 spiro atoms. The van der Waals surface area contributed by atoms with Crippen LogP contribution in [-0.2, 0) is 14.3 Å². The summed E-state index contributed by atoms with van der Waals surface area (Å²) in [6.07, 6.45) is 3.98. The quantitative estimate of drug-likeness (QED) is 0.786. The third-order valence-electron chi connectivity index (χ3n) is 5.31. The van der Waals surface area contributed by atoms with Crippen molar-refractivity contribution in [1.82, 2.24) is 4.90 Å². The number of hydrogen-bond acceptors (Lipinski definition) is 4. The van der Waals surface area contributed by atoms with Crippen molar-refractivity contribution >= 4 is 11.9 Å². The first-order chi connectivity index (χ1) is 9.99. The number of nitrogens with zero attached hydrogens (tertiary/aromatic N) is 1. The molecule has 3 aliphatic rings. The molecule has 4 unspecified atom stereocenters. The average Bonchev–Trinajstić information content (AvgIpc) is 2.95. The van der Waals surface area contributed by atoms with Gasteiger partial charge >= 0.3 is 5.97 Å². The number of rotatable bonds is 2. The Morgan fingerprint density at radius 3 is 2.57 bits per heavy atom. The Morgan fingerprint density at radius 2 is 1.86 bits per heavy atom. The van der Waals surface area contributed by atoms with Crippen LogP contribution in [0.1, 0.15) is 44.9 Å². The van der Waals surface area contributed by atoms with Crippen molar-refractivity contribution in [2.45, 2.75) is 62.8 Å².